The molecule has 3 rings (SSSR count). The van der Waals surface area contributed by atoms with E-state index in [1.54, 1.807) is 46.0 Å². The molecule has 1 aliphatic rings. The van der Waals surface area contributed by atoms with Gasteiger partial charge in [0, 0.05) is 26.1 Å². The monoisotopic (exact) mass is 485 g/mol. The van der Waals surface area contributed by atoms with Gasteiger partial charge in [-0.3, -0.25) is 23.6 Å². The summed E-state index contributed by atoms with van der Waals surface area (Å²) in [5, 5.41) is 0. The molecule has 2 amide bonds. The Balaban J connectivity index is 1.57. The molecule has 1 aromatic carbocycles. The van der Waals surface area contributed by atoms with E-state index in [2.05, 4.69) is 11.8 Å². The minimum absolute atomic E-state index is 0.135. The van der Waals surface area contributed by atoms with Gasteiger partial charge in [0.05, 0.1) is 24.2 Å². The molecule has 10 heteroatoms. The molecular formula is C25H31N3O7. The molecule has 188 valence electrons. The lowest BCUT2D eigenvalue weighted by Gasteiger charge is -2.28. The number of aromatic nitrogens is 2. The van der Waals surface area contributed by atoms with Crippen LogP contribution >= 0.6 is 0 Å². The van der Waals surface area contributed by atoms with Gasteiger partial charge in [0.15, 0.2) is 0 Å². The number of benzene rings is 1. The smallest absolute Gasteiger partial charge is 0.332 e. The molecule has 2 heterocycles. The van der Waals surface area contributed by atoms with Crippen molar-refractivity contribution in [1.82, 2.24) is 14.0 Å². The summed E-state index contributed by atoms with van der Waals surface area (Å²) in [6.45, 7) is 5.93. The maximum atomic E-state index is 12.9. The van der Waals surface area contributed by atoms with Crippen molar-refractivity contribution in [2.75, 3.05) is 33.5 Å². The highest BCUT2D eigenvalue weighted by Gasteiger charge is 2.35. The van der Waals surface area contributed by atoms with Gasteiger partial charge in [0.25, 0.3) is 5.91 Å². The Hall–Kier alpha value is -3.42. The lowest BCUT2D eigenvalue weighted by Crippen LogP contribution is -2.45. The van der Waals surface area contributed by atoms with E-state index in [1.165, 1.54) is 16.2 Å². The van der Waals surface area contributed by atoms with Crippen LogP contribution in [0.2, 0.25) is 0 Å². The number of fused-ring (bicyclic) bond motifs is 1. The van der Waals surface area contributed by atoms with Gasteiger partial charge >= 0.3 is 11.7 Å². The fraction of sp³-hybridized carbons (Fsp3) is 0.520. The standard InChI is InChI=1S/C25H31N3O7/c1-25(2,3)35-22(30)16-34-14-13-33-12-6-7-17-8-9-18-20(15-17)26(4)24(32)28(18)19-10-11-21(29)27(5)23(19)31/h8-9,15,19H,10-14,16H2,1-5H3. The molecule has 0 spiro atoms. The van der Waals surface area contributed by atoms with Crippen LogP contribution in [-0.2, 0) is 35.6 Å². The van der Waals surface area contributed by atoms with E-state index in [4.69, 9.17) is 14.2 Å². The lowest BCUT2D eigenvalue weighted by atomic mass is 10.0. The third kappa shape index (κ3) is 6.38. The predicted octanol–water partition coefficient (Wildman–Crippen LogP) is 1.39. The third-order valence-corrected chi connectivity index (χ3v) is 5.44. The van der Waals surface area contributed by atoms with Crippen molar-refractivity contribution in [3.63, 3.8) is 0 Å². The molecule has 0 radical (unpaired) electrons. The normalized spacial score (nSPS) is 16.4. The number of amides is 2. The number of piperidine rings is 1. The second-order valence-electron chi connectivity index (χ2n) is 9.25. The number of rotatable bonds is 7. The quantitative estimate of drug-likeness (QED) is 0.252. The average Bonchev–Trinajstić information content (AvgIpc) is 3.03. The predicted molar refractivity (Wildman–Crippen MR) is 128 cm³/mol. The summed E-state index contributed by atoms with van der Waals surface area (Å²) in [5.41, 5.74) is 1.08. The topological polar surface area (TPSA) is 109 Å². The van der Waals surface area contributed by atoms with Crippen LogP contribution in [0.3, 0.4) is 0 Å². The molecule has 0 aliphatic carbocycles. The van der Waals surface area contributed by atoms with Gasteiger partial charge in [-0.2, -0.15) is 0 Å². The van der Waals surface area contributed by atoms with Crippen molar-refractivity contribution in [2.45, 2.75) is 45.3 Å². The number of likely N-dealkylation sites (tertiary alicyclic amines) is 1. The van der Waals surface area contributed by atoms with Crippen molar-refractivity contribution in [2.24, 2.45) is 7.05 Å². The number of hydrogen-bond donors (Lipinski definition) is 0. The van der Waals surface area contributed by atoms with Gasteiger partial charge in [-0.1, -0.05) is 11.8 Å². The Morgan fingerprint density at radius 1 is 1.09 bits per heavy atom. The highest BCUT2D eigenvalue weighted by atomic mass is 16.6. The zero-order valence-corrected chi connectivity index (χ0v) is 20.8. The maximum absolute atomic E-state index is 12.9. The molecule has 1 saturated heterocycles. The fourth-order valence-electron chi connectivity index (χ4n) is 3.79. The molecule has 1 aliphatic heterocycles. The van der Waals surface area contributed by atoms with Gasteiger partial charge in [0.1, 0.15) is 24.9 Å². The summed E-state index contributed by atoms with van der Waals surface area (Å²) in [4.78, 5) is 50.0. The number of imide groups is 1. The van der Waals surface area contributed by atoms with E-state index in [0.29, 0.717) is 23.0 Å². The number of carbonyl (C=O) groups excluding carboxylic acids is 3. The van der Waals surface area contributed by atoms with E-state index in [1.807, 2.05) is 0 Å². The van der Waals surface area contributed by atoms with Gasteiger partial charge in [0.2, 0.25) is 5.91 Å². The summed E-state index contributed by atoms with van der Waals surface area (Å²) in [7, 11) is 3.08. The highest BCUT2D eigenvalue weighted by molar-refractivity contribution is 5.99. The molecule has 1 unspecified atom stereocenters. The fourth-order valence-corrected chi connectivity index (χ4v) is 3.79. The SMILES string of the molecule is CN1C(=O)CCC(n2c(=O)n(C)c3cc(C#CCOCCOCC(=O)OC(C)(C)C)ccc32)C1=O. The molecule has 0 bridgehead atoms. The van der Waals surface area contributed by atoms with Crippen LogP contribution in [0, 0.1) is 11.8 Å². The minimum atomic E-state index is -0.711. The van der Waals surface area contributed by atoms with Crippen LogP contribution in [0.15, 0.2) is 23.0 Å². The second kappa shape index (κ2) is 10.9. The van der Waals surface area contributed by atoms with Gasteiger partial charge in [-0.25, -0.2) is 9.59 Å². The number of aryl methyl sites for hydroxylation is 1. The van der Waals surface area contributed by atoms with Gasteiger partial charge in [-0.05, 0) is 45.4 Å². The van der Waals surface area contributed by atoms with E-state index in [9.17, 15) is 19.2 Å². The average molecular weight is 486 g/mol. The van der Waals surface area contributed by atoms with Crippen molar-refractivity contribution in [3.8, 4) is 11.8 Å². The summed E-state index contributed by atoms with van der Waals surface area (Å²) in [5.74, 6) is 4.85. The first-order chi connectivity index (χ1) is 16.5. The Bertz CT molecular complexity index is 1240. The van der Waals surface area contributed by atoms with Crippen LogP contribution in [-0.4, -0.2) is 70.9 Å². The van der Waals surface area contributed by atoms with E-state index in [-0.39, 0.29) is 50.4 Å². The van der Waals surface area contributed by atoms with Gasteiger partial charge < -0.3 is 14.2 Å². The van der Waals surface area contributed by atoms with Crippen LogP contribution in [0.5, 0.6) is 0 Å². The van der Waals surface area contributed by atoms with Crippen LogP contribution in [0.25, 0.3) is 11.0 Å². The summed E-state index contributed by atoms with van der Waals surface area (Å²) < 4.78 is 18.7. The van der Waals surface area contributed by atoms with E-state index in [0.717, 1.165) is 4.90 Å². The summed E-state index contributed by atoms with van der Waals surface area (Å²) in [6, 6.07) is 4.61. The van der Waals surface area contributed by atoms with Crippen molar-refractivity contribution in [3.05, 3.63) is 34.2 Å². The first-order valence-corrected chi connectivity index (χ1v) is 11.4. The Morgan fingerprint density at radius 3 is 2.51 bits per heavy atom. The number of nitrogens with zero attached hydrogens (tertiary/aromatic N) is 3. The molecule has 0 saturated carbocycles. The Labute approximate surface area is 203 Å². The maximum Gasteiger partial charge on any atom is 0.332 e. The highest BCUT2D eigenvalue weighted by Crippen LogP contribution is 2.26. The molecule has 1 atom stereocenters. The molecule has 1 fully saturated rings. The number of hydrogen-bond acceptors (Lipinski definition) is 7. The molecule has 2 aromatic rings. The first kappa shape index (κ1) is 26.2. The Morgan fingerprint density at radius 2 is 1.80 bits per heavy atom. The molecule has 10 nitrogen and oxygen atoms in total. The summed E-state index contributed by atoms with van der Waals surface area (Å²) in [6.07, 6.45) is 0.507. The zero-order valence-electron chi connectivity index (χ0n) is 20.8. The lowest BCUT2D eigenvalue weighted by molar-refractivity contribution is -0.160. The second-order valence-corrected chi connectivity index (χ2v) is 9.25. The first-order valence-electron chi connectivity index (χ1n) is 11.4. The van der Waals surface area contributed by atoms with Crippen molar-refractivity contribution in [1.29, 1.82) is 0 Å². The van der Waals surface area contributed by atoms with Crippen molar-refractivity contribution < 1.29 is 28.6 Å². The Kier molecular flexibility index (Phi) is 8.14. The third-order valence-electron chi connectivity index (χ3n) is 5.44. The van der Waals surface area contributed by atoms with E-state index >= 15 is 0 Å². The van der Waals surface area contributed by atoms with Crippen LogP contribution in [0.1, 0.15) is 45.2 Å². The largest absolute Gasteiger partial charge is 0.458 e. The number of ether oxygens (including phenoxy) is 3. The van der Waals surface area contributed by atoms with Crippen molar-refractivity contribution >= 4 is 28.8 Å². The van der Waals surface area contributed by atoms with E-state index < -0.39 is 17.6 Å². The van der Waals surface area contributed by atoms with Crippen LogP contribution in [0.4, 0.5) is 0 Å². The number of esters is 1. The number of imidazole rings is 1. The molecular weight excluding hydrogens is 454 g/mol. The summed E-state index contributed by atoms with van der Waals surface area (Å²) >= 11 is 0. The number of carbonyl (C=O) groups is 3. The minimum Gasteiger partial charge on any atom is -0.458 e. The van der Waals surface area contributed by atoms with Crippen LogP contribution < -0.4 is 5.69 Å². The zero-order chi connectivity index (χ0) is 25.8. The molecule has 1 aromatic heterocycles. The number of likely N-dealkylation sites (N-methyl/N-ethyl adjacent to an activating group) is 1. The van der Waals surface area contributed by atoms with Gasteiger partial charge in [-0.15, -0.1) is 0 Å². The molecule has 35 heavy (non-hydrogen) atoms. The molecule has 0 N–H and O–H groups in total.